The summed E-state index contributed by atoms with van der Waals surface area (Å²) < 4.78 is 0. The molecule has 2 N–H and O–H groups in total. The number of carbonyl (C=O) groups is 1. The molecule has 0 bridgehead atoms. The SMILES string of the molecule is Cc1nc(N2CCC2)ccc1NC(=O)N1CCNC(C)C1. The molecule has 1 aromatic rings. The first kappa shape index (κ1) is 14.1. The average Bonchev–Trinajstić information content (AvgIpc) is 2.40. The Labute approximate surface area is 125 Å². The number of aromatic nitrogens is 1. The zero-order valence-electron chi connectivity index (χ0n) is 12.7. The van der Waals surface area contributed by atoms with Crippen LogP contribution in [0.5, 0.6) is 0 Å². The van der Waals surface area contributed by atoms with E-state index in [9.17, 15) is 4.79 Å². The van der Waals surface area contributed by atoms with E-state index in [2.05, 4.69) is 27.4 Å². The number of pyridine rings is 1. The maximum absolute atomic E-state index is 12.3. The second-order valence-corrected chi connectivity index (χ2v) is 5.87. The van der Waals surface area contributed by atoms with E-state index >= 15 is 0 Å². The highest BCUT2D eigenvalue weighted by atomic mass is 16.2. The third kappa shape index (κ3) is 3.10. The van der Waals surface area contributed by atoms with Gasteiger partial charge in [-0.05, 0) is 32.4 Å². The van der Waals surface area contributed by atoms with Crippen molar-refractivity contribution in [1.29, 1.82) is 0 Å². The van der Waals surface area contributed by atoms with E-state index in [4.69, 9.17) is 0 Å². The number of nitrogens with zero attached hydrogens (tertiary/aromatic N) is 3. The summed E-state index contributed by atoms with van der Waals surface area (Å²) in [5, 5.41) is 6.32. The van der Waals surface area contributed by atoms with Crippen molar-refractivity contribution >= 4 is 17.5 Å². The Morgan fingerprint density at radius 3 is 2.81 bits per heavy atom. The largest absolute Gasteiger partial charge is 0.356 e. The van der Waals surface area contributed by atoms with Crippen LogP contribution in [0.15, 0.2) is 12.1 Å². The van der Waals surface area contributed by atoms with Crippen molar-refractivity contribution in [2.24, 2.45) is 0 Å². The lowest BCUT2D eigenvalue weighted by Crippen LogP contribution is -2.52. The summed E-state index contributed by atoms with van der Waals surface area (Å²) in [5.41, 5.74) is 1.67. The van der Waals surface area contributed by atoms with Crippen LogP contribution in [0.25, 0.3) is 0 Å². The quantitative estimate of drug-likeness (QED) is 0.864. The van der Waals surface area contributed by atoms with Crippen LogP contribution in [0.2, 0.25) is 0 Å². The van der Waals surface area contributed by atoms with Gasteiger partial charge in [0.2, 0.25) is 0 Å². The van der Waals surface area contributed by atoms with Gasteiger partial charge in [-0.25, -0.2) is 9.78 Å². The number of carbonyl (C=O) groups excluding carboxylic acids is 1. The highest BCUT2D eigenvalue weighted by molar-refractivity contribution is 5.90. The first-order chi connectivity index (χ1) is 10.1. The highest BCUT2D eigenvalue weighted by Gasteiger charge is 2.21. The lowest BCUT2D eigenvalue weighted by molar-refractivity contribution is 0.192. The summed E-state index contributed by atoms with van der Waals surface area (Å²) in [7, 11) is 0. The van der Waals surface area contributed by atoms with Crippen molar-refractivity contribution in [2.75, 3.05) is 42.9 Å². The van der Waals surface area contributed by atoms with E-state index in [1.165, 1.54) is 6.42 Å². The number of aryl methyl sites for hydroxylation is 1. The van der Waals surface area contributed by atoms with Gasteiger partial charge >= 0.3 is 6.03 Å². The first-order valence-corrected chi connectivity index (χ1v) is 7.65. The predicted octanol–water partition coefficient (Wildman–Crippen LogP) is 1.43. The molecular weight excluding hydrogens is 266 g/mol. The van der Waals surface area contributed by atoms with Crippen LogP contribution >= 0.6 is 0 Å². The van der Waals surface area contributed by atoms with E-state index in [-0.39, 0.29) is 6.03 Å². The van der Waals surface area contributed by atoms with Crippen LogP contribution in [0, 0.1) is 6.92 Å². The summed E-state index contributed by atoms with van der Waals surface area (Å²) in [4.78, 5) is 21.0. The van der Waals surface area contributed by atoms with E-state index < -0.39 is 0 Å². The smallest absolute Gasteiger partial charge is 0.321 e. The summed E-state index contributed by atoms with van der Waals surface area (Å²) in [6, 6.07) is 4.25. The summed E-state index contributed by atoms with van der Waals surface area (Å²) >= 11 is 0. The lowest BCUT2D eigenvalue weighted by Gasteiger charge is -2.33. The molecule has 1 atom stereocenters. The fraction of sp³-hybridized carbons (Fsp3) is 0.600. The van der Waals surface area contributed by atoms with E-state index in [1.54, 1.807) is 0 Å². The van der Waals surface area contributed by atoms with Crippen molar-refractivity contribution in [3.8, 4) is 0 Å². The van der Waals surface area contributed by atoms with Gasteiger partial charge < -0.3 is 20.4 Å². The Bertz CT molecular complexity index is 529. The van der Waals surface area contributed by atoms with Crippen molar-refractivity contribution < 1.29 is 4.79 Å². The molecule has 6 nitrogen and oxygen atoms in total. The molecule has 1 aromatic heterocycles. The van der Waals surface area contributed by atoms with Gasteiger partial charge in [0.15, 0.2) is 0 Å². The highest BCUT2D eigenvalue weighted by Crippen LogP contribution is 2.22. The molecule has 2 aliphatic heterocycles. The van der Waals surface area contributed by atoms with Gasteiger partial charge in [-0.2, -0.15) is 0 Å². The van der Waals surface area contributed by atoms with Gasteiger partial charge in [0.25, 0.3) is 0 Å². The predicted molar refractivity (Wildman–Crippen MR) is 83.9 cm³/mol. The minimum atomic E-state index is -0.0371. The Morgan fingerprint density at radius 2 is 2.19 bits per heavy atom. The molecule has 2 aliphatic rings. The fourth-order valence-corrected chi connectivity index (χ4v) is 2.71. The molecular formula is C15H23N5O. The maximum atomic E-state index is 12.3. The topological polar surface area (TPSA) is 60.5 Å². The molecule has 2 fully saturated rings. The molecule has 0 aromatic carbocycles. The Kier molecular flexibility index (Phi) is 3.96. The normalized spacial score (nSPS) is 21.9. The molecule has 2 saturated heterocycles. The Hall–Kier alpha value is -1.82. The maximum Gasteiger partial charge on any atom is 0.321 e. The van der Waals surface area contributed by atoms with Gasteiger partial charge in [0.1, 0.15) is 5.82 Å². The molecule has 0 aliphatic carbocycles. The molecule has 1 unspecified atom stereocenters. The van der Waals surface area contributed by atoms with Crippen molar-refractivity contribution in [3.05, 3.63) is 17.8 Å². The zero-order chi connectivity index (χ0) is 14.8. The van der Waals surface area contributed by atoms with E-state index in [0.29, 0.717) is 6.04 Å². The van der Waals surface area contributed by atoms with Crippen molar-refractivity contribution in [3.63, 3.8) is 0 Å². The minimum Gasteiger partial charge on any atom is -0.356 e. The summed E-state index contributed by atoms with van der Waals surface area (Å²) in [5.74, 6) is 1.01. The van der Waals surface area contributed by atoms with Crippen LogP contribution in [0.4, 0.5) is 16.3 Å². The van der Waals surface area contributed by atoms with E-state index in [1.807, 2.05) is 24.0 Å². The second kappa shape index (κ2) is 5.89. The number of anilines is 2. The molecule has 2 amide bonds. The van der Waals surface area contributed by atoms with Gasteiger partial charge in [0.05, 0.1) is 11.4 Å². The third-order valence-corrected chi connectivity index (χ3v) is 4.15. The molecule has 0 saturated carbocycles. The molecule has 3 heterocycles. The molecule has 6 heteroatoms. The second-order valence-electron chi connectivity index (χ2n) is 5.87. The lowest BCUT2D eigenvalue weighted by atomic mass is 10.2. The van der Waals surface area contributed by atoms with Crippen molar-refractivity contribution in [2.45, 2.75) is 26.3 Å². The van der Waals surface area contributed by atoms with Gasteiger partial charge in [-0.15, -0.1) is 0 Å². The number of amides is 2. The molecule has 3 rings (SSSR count). The average molecular weight is 289 g/mol. The van der Waals surface area contributed by atoms with Gasteiger partial charge in [-0.3, -0.25) is 0 Å². The number of hydrogen-bond acceptors (Lipinski definition) is 4. The number of urea groups is 1. The standard InChI is InChI=1S/C15H23N5O/c1-11-10-20(9-6-16-11)15(21)18-13-4-5-14(17-12(13)2)19-7-3-8-19/h4-5,11,16H,3,6-10H2,1-2H3,(H,18,21). The monoisotopic (exact) mass is 289 g/mol. The van der Waals surface area contributed by atoms with Crippen LogP contribution in [-0.4, -0.2) is 54.7 Å². The van der Waals surface area contributed by atoms with Gasteiger partial charge in [0, 0.05) is 38.8 Å². The number of hydrogen-bond donors (Lipinski definition) is 2. The minimum absolute atomic E-state index is 0.0371. The molecule has 114 valence electrons. The summed E-state index contributed by atoms with van der Waals surface area (Å²) in [6.45, 7) is 8.53. The molecule has 0 radical (unpaired) electrons. The van der Waals surface area contributed by atoms with Gasteiger partial charge in [-0.1, -0.05) is 0 Å². The zero-order valence-corrected chi connectivity index (χ0v) is 12.7. The van der Waals surface area contributed by atoms with Crippen LogP contribution in [-0.2, 0) is 0 Å². The molecule has 0 spiro atoms. The third-order valence-electron chi connectivity index (χ3n) is 4.15. The fourth-order valence-electron chi connectivity index (χ4n) is 2.71. The number of piperazine rings is 1. The van der Waals surface area contributed by atoms with Crippen LogP contribution < -0.4 is 15.5 Å². The number of nitrogens with one attached hydrogen (secondary N) is 2. The Balaban J connectivity index is 1.65. The van der Waals surface area contributed by atoms with Crippen molar-refractivity contribution in [1.82, 2.24) is 15.2 Å². The van der Waals surface area contributed by atoms with Crippen LogP contribution in [0.3, 0.4) is 0 Å². The Morgan fingerprint density at radius 1 is 1.38 bits per heavy atom. The van der Waals surface area contributed by atoms with Crippen LogP contribution in [0.1, 0.15) is 19.0 Å². The molecule has 21 heavy (non-hydrogen) atoms. The summed E-state index contributed by atoms with van der Waals surface area (Å²) in [6.07, 6.45) is 1.24. The van der Waals surface area contributed by atoms with E-state index in [0.717, 1.165) is 49.9 Å². The number of rotatable bonds is 2. The first-order valence-electron chi connectivity index (χ1n) is 7.65.